The number of hydrogen-bond donors (Lipinski definition) is 3. The molecule has 124 valence electrons. The Bertz CT molecular complexity index is 279. The van der Waals surface area contributed by atoms with E-state index in [9.17, 15) is 18.9 Å². The molecule has 3 N–H and O–H groups in total. The fourth-order valence-corrected chi connectivity index (χ4v) is 2.42. The Labute approximate surface area is 176 Å². The molecule has 0 rings (SSSR count). The summed E-state index contributed by atoms with van der Waals surface area (Å²) in [6.45, 7) is 2.61. The van der Waals surface area contributed by atoms with Gasteiger partial charge in [0.1, 0.15) is 0 Å². The van der Waals surface area contributed by atoms with Crippen molar-refractivity contribution in [1.82, 2.24) is 0 Å². The van der Waals surface area contributed by atoms with Gasteiger partial charge in [-0.3, -0.25) is 4.31 Å². The molecule has 0 aromatic rings. The van der Waals surface area contributed by atoms with Crippen LogP contribution >= 0.6 is 15.6 Å². The van der Waals surface area contributed by atoms with Crippen LogP contribution in [-0.2, 0) is 13.4 Å². The van der Waals surface area contributed by atoms with Gasteiger partial charge in [0, 0.05) is 6.61 Å². The average molecular weight is 380 g/mol. The quantitative estimate of drug-likeness (QED) is 0.194. The third kappa shape index (κ3) is 38.0. The second kappa shape index (κ2) is 19.5. The number of unbranched alkanes of at least 4 members (excludes halogenated alkanes) is 7. The Morgan fingerprint density at radius 1 is 0.864 bits per heavy atom. The standard InChI is InChI=1S/C10H22O.2Na.H4O7P2/c1-2-3-4-5-6-7-8-9-10-11;;;1-8(2,3)7-9(4,5)6/h11H,2-10H2,1H3;;;(H2,1,2,3)(H2,4,5,6)/q;2*+1;/p-2. The predicted octanol–water partition coefficient (Wildman–Crippen LogP) is -4.95. The van der Waals surface area contributed by atoms with Crippen molar-refractivity contribution in [3.63, 3.8) is 0 Å². The molecule has 0 saturated heterocycles. The summed E-state index contributed by atoms with van der Waals surface area (Å²) in [5, 5.41) is 8.51. The van der Waals surface area contributed by atoms with Gasteiger partial charge in [0.05, 0.1) is 7.82 Å². The topological polar surface area (TPSA) is 150 Å². The first-order valence-corrected chi connectivity index (χ1v) is 9.51. The molecule has 0 saturated carbocycles. The summed E-state index contributed by atoms with van der Waals surface area (Å²) >= 11 is 0. The van der Waals surface area contributed by atoms with Crippen LogP contribution in [0.4, 0.5) is 0 Å². The van der Waals surface area contributed by atoms with Crippen molar-refractivity contribution >= 4 is 15.6 Å². The Morgan fingerprint density at radius 3 is 1.45 bits per heavy atom. The Balaban J connectivity index is -0.000000137. The summed E-state index contributed by atoms with van der Waals surface area (Å²) in [5.41, 5.74) is 0. The number of aliphatic hydroxyl groups excluding tert-OH is 1. The molecule has 0 aliphatic heterocycles. The van der Waals surface area contributed by atoms with Crippen molar-refractivity contribution in [2.45, 2.75) is 58.3 Å². The minimum atomic E-state index is -5.55. The second-order valence-electron chi connectivity index (χ2n) is 4.22. The normalized spacial score (nSPS) is 10.8. The van der Waals surface area contributed by atoms with E-state index < -0.39 is 15.6 Å². The molecule has 0 fully saturated rings. The van der Waals surface area contributed by atoms with Crippen molar-refractivity contribution in [2.75, 3.05) is 6.61 Å². The number of hydrogen-bond acceptors (Lipinski definition) is 6. The van der Waals surface area contributed by atoms with Gasteiger partial charge in [0.2, 0.25) is 0 Å². The molecule has 0 aliphatic carbocycles. The van der Waals surface area contributed by atoms with Gasteiger partial charge >= 0.3 is 66.9 Å². The second-order valence-corrected chi connectivity index (χ2v) is 6.75. The van der Waals surface area contributed by atoms with E-state index in [-0.39, 0.29) is 59.1 Å². The summed E-state index contributed by atoms with van der Waals surface area (Å²) in [7, 11) is -10.7. The van der Waals surface area contributed by atoms with Crippen LogP contribution in [0.2, 0.25) is 0 Å². The van der Waals surface area contributed by atoms with Crippen LogP contribution in [0.15, 0.2) is 0 Å². The first kappa shape index (κ1) is 31.9. The molecule has 22 heavy (non-hydrogen) atoms. The first-order chi connectivity index (χ1) is 9.12. The third-order valence-electron chi connectivity index (χ3n) is 2.22. The van der Waals surface area contributed by atoms with Crippen LogP contribution in [0.5, 0.6) is 0 Å². The van der Waals surface area contributed by atoms with E-state index in [0.717, 1.165) is 6.42 Å². The van der Waals surface area contributed by atoms with Crippen LogP contribution in [0, 0.1) is 0 Å². The van der Waals surface area contributed by atoms with E-state index in [0.29, 0.717) is 6.61 Å². The first-order valence-electron chi connectivity index (χ1n) is 6.52. The largest absolute Gasteiger partial charge is 1.00 e. The molecule has 0 unspecified atom stereocenters. The monoisotopic (exact) mass is 380 g/mol. The molecule has 0 aromatic carbocycles. The van der Waals surface area contributed by atoms with Crippen LogP contribution in [-0.4, -0.2) is 21.5 Å². The Hall–Kier alpha value is 2.22. The summed E-state index contributed by atoms with van der Waals surface area (Å²) in [6.07, 6.45) is 10.4. The van der Waals surface area contributed by atoms with Gasteiger partial charge in [0.15, 0.2) is 0 Å². The van der Waals surface area contributed by atoms with Crippen molar-refractivity contribution < 1.29 is 97.2 Å². The van der Waals surface area contributed by atoms with E-state index in [1.165, 1.54) is 44.9 Å². The molecule has 0 bridgehead atoms. The van der Waals surface area contributed by atoms with E-state index in [2.05, 4.69) is 11.2 Å². The molecule has 0 atom stereocenters. The van der Waals surface area contributed by atoms with Gasteiger partial charge in [-0.1, -0.05) is 51.9 Å². The maximum atomic E-state index is 9.55. The van der Waals surface area contributed by atoms with Gasteiger partial charge in [-0.15, -0.1) is 0 Å². The maximum Gasteiger partial charge on any atom is 1.00 e. The van der Waals surface area contributed by atoms with Crippen LogP contribution in [0.3, 0.4) is 0 Å². The molecular formula is C10H24Na2O8P2. The van der Waals surface area contributed by atoms with Crippen molar-refractivity contribution in [3.05, 3.63) is 0 Å². The Kier molecular flexibility index (Phi) is 28.4. The third-order valence-corrected chi connectivity index (χ3v) is 3.87. The summed E-state index contributed by atoms with van der Waals surface area (Å²) in [4.78, 5) is 34.1. The van der Waals surface area contributed by atoms with E-state index in [4.69, 9.17) is 14.9 Å². The zero-order chi connectivity index (χ0) is 16.1. The van der Waals surface area contributed by atoms with Gasteiger partial charge < -0.3 is 29.2 Å². The summed E-state index contributed by atoms with van der Waals surface area (Å²) in [5.74, 6) is 0. The molecule has 0 heterocycles. The molecule has 0 amide bonds. The SMILES string of the molecule is CCCCCCCCCCO.O=P([O-])([O-])OP(=O)(O)O.[Na+].[Na+]. The predicted molar refractivity (Wildman–Crippen MR) is 70.4 cm³/mol. The number of phosphoric acid groups is 2. The van der Waals surface area contributed by atoms with Crippen molar-refractivity contribution in [2.24, 2.45) is 0 Å². The van der Waals surface area contributed by atoms with Crippen LogP contribution in [0.1, 0.15) is 58.3 Å². The fraction of sp³-hybridized carbons (Fsp3) is 1.00. The fourth-order valence-electron chi connectivity index (χ4n) is 1.38. The molecule has 0 spiro atoms. The number of rotatable bonds is 10. The van der Waals surface area contributed by atoms with E-state index >= 15 is 0 Å². The summed E-state index contributed by atoms with van der Waals surface area (Å²) in [6, 6.07) is 0. The van der Waals surface area contributed by atoms with Gasteiger partial charge in [-0.25, -0.2) is 4.57 Å². The molecule has 0 aromatic heterocycles. The smallest absolute Gasteiger partial charge is 0.789 e. The van der Waals surface area contributed by atoms with Gasteiger partial charge in [-0.05, 0) is 6.42 Å². The van der Waals surface area contributed by atoms with Crippen molar-refractivity contribution in [3.8, 4) is 0 Å². The van der Waals surface area contributed by atoms with Crippen LogP contribution < -0.4 is 68.9 Å². The molecule has 0 radical (unpaired) electrons. The van der Waals surface area contributed by atoms with Crippen LogP contribution in [0.25, 0.3) is 0 Å². The van der Waals surface area contributed by atoms with Gasteiger partial charge in [0.25, 0.3) is 0 Å². The molecule has 8 nitrogen and oxygen atoms in total. The zero-order valence-electron chi connectivity index (χ0n) is 13.6. The van der Waals surface area contributed by atoms with Gasteiger partial charge in [-0.2, -0.15) is 0 Å². The maximum absolute atomic E-state index is 9.55. The Morgan fingerprint density at radius 2 is 1.23 bits per heavy atom. The minimum Gasteiger partial charge on any atom is -0.789 e. The molecule has 12 heteroatoms. The number of aliphatic hydroxyl groups is 1. The molecule has 0 aliphatic rings. The average Bonchev–Trinajstić information content (AvgIpc) is 2.24. The zero-order valence-corrected chi connectivity index (χ0v) is 19.4. The van der Waals surface area contributed by atoms with E-state index in [1.807, 2.05) is 0 Å². The summed E-state index contributed by atoms with van der Waals surface area (Å²) < 4.78 is 21.7. The van der Waals surface area contributed by atoms with E-state index in [1.54, 1.807) is 0 Å². The molecular weight excluding hydrogens is 356 g/mol. The van der Waals surface area contributed by atoms with Crippen molar-refractivity contribution in [1.29, 1.82) is 0 Å². The minimum absolute atomic E-state index is 0.